The lowest BCUT2D eigenvalue weighted by Crippen LogP contribution is -1.82. The van der Waals surface area contributed by atoms with Crippen molar-refractivity contribution >= 4 is 63.8 Å². The van der Waals surface area contributed by atoms with E-state index in [1.54, 1.807) is 0 Å². The van der Waals surface area contributed by atoms with E-state index in [0.717, 1.165) is 6.42 Å². The number of rotatable bonds is 1. The van der Waals surface area contributed by atoms with Crippen molar-refractivity contribution in [2.45, 2.75) is 13.3 Å². The molecule has 1 aromatic heterocycles. The van der Waals surface area contributed by atoms with Gasteiger partial charge in [0.05, 0.1) is 0 Å². The molecule has 0 atom stereocenters. The first-order chi connectivity index (χ1) is 15.3. The molecule has 0 nitrogen and oxygen atoms in total. The Morgan fingerprint density at radius 2 is 1.00 bits per heavy atom. The van der Waals surface area contributed by atoms with Crippen LogP contribution in [0.4, 0.5) is 0 Å². The van der Waals surface area contributed by atoms with Crippen LogP contribution in [0.1, 0.15) is 12.5 Å². The second-order valence-corrected chi connectivity index (χ2v) is 9.12. The Balaban J connectivity index is 0.000000120. The van der Waals surface area contributed by atoms with Gasteiger partial charge in [0.25, 0.3) is 0 Å². The first-order valence-electron chi connectivity index (χ1n) is 10.8. The summed E-state index contributed by atoms with van der Waals surface area (Å²) in [6, 6.07) is 37.2. The summed E-state index contributed by atoms with van der Waals surface area (Å²) < 4.78 is 2.81. The average molecular weight is 415 g/mol. The molecule has 1 heteroatoms. The van der Waals surface area contributed by atoms with Crippen LogP contribution >= 0.6 is 11.3 Å². The van der Waals surface area contributed by atoms with Crippen molar-refractivity contribution in [2.75, 3.05) is 0 Å². The highest BCUT2D eigenvalue weighted by Crippen LogP contribution is 2.36. The van der Waals surface area contributed by atoms with Crippen LogP contribution in [-0.4, -0.2) is 0 Å². The van der Waals surface area contributed by atoms with Gasteiger partial charge in [-0.25, -0.2) is 0 Å². The summed E-state index contributed by atoms with van der Waals surface area (Å²) in [5.41, 5.74) is 1.46. The molecule has 0 fully saturated rings. The van der Waals surface area contributed by atoms with E-state index in [9.17, 15) is 0 Å². The topological polar surface area (TPSA) is 0 Å². The third kappa shape index (κ3) is 2.97. The van der Waals surface area contributed by atoms with Crippen LogP contribution in [0.2, 0.25) is 0 Å². The van der Waals surface area contributed by atoms with Gasteiger partial charge < -0.3 is 0 Å². The highest BCUT2D eigenvalue weighted by atomic mass is 32.1. The Bertz CT molecular complexity index is 1540. The summed E-state index contributed by atoms with van der Waals surface area (Å²) in [7, 11) is 0. The van der Waals surface area contributed by atoms with Crippen molar-refractivity contribution in [3.05, 3.63) is 109 Å². The van der Waals surface area contributed by atoms with Crippen molar-refractivity contribution < 1.29 is 0 Å². The van der Waals surface area contributed by atoms with Crippen LogP contribution in [0.5, 0.6) is 0 Å². The van der Waals surface area contributed by atoms with Crippen LogP contribution in [-0.2, 0) is 6.42 Å². The molecule has 0 unspecified atom stereocenters. The highest BCUT2D eigenvalue weighted by molar-refractivity contribution is 7.25. The molecule has 0 amide bonds. The first-order valence-corrected chi connectivity index (χ1v) is 11.7. The predicted molar refractivity (Wildman–Crippen MR) is 139 cm³/mol. The monoisotopic (exact) mass is 414 g/mol. The zero-order chi connectivity index (χ0) is 20.8. The fourth-order valence-electron chi connectivity index (χ4n) is 4.81. The molecule has 0 aliphatic rings. The van der Waals surface area contributed by atoms with Crippen LogP contribution in [0.25, 0.3) is 52.5 Å². The normalized spacial score (nSPS) is 11.5. The number of thiophene rings is 1. The van der Waals surface area contributed by atoms with Crippen LogP contribution in [0, 0.1) is 0 Å². The van der Waals surface area contributed by atoms with Crippen LogP contribution in [0.15, 0.2) is 103 Å². The van der Waals surface area contributed by atoms with Crippen molar-refractivity contribution in [1.29, 1.82) is 0 Å². The maximum atomic E-state index is 2.24. The van der Waals surface area contributed by atoms with Crippen LogP contribution in [0.3, 0.4) is 0 Å². The molecule has 7 rings (SSSR count). The summed E-state index contributed by atoms with van der Waals surface area (Å²) in [5, 5.41) is 11.0. The summed E-state index contributed by atoms with van der Waals surface area (Å²) in [6.45, 7) is 2.22. The SMILES string of the molecule is CCc1cccc2sc3ccccc3c12.c1cc2ccc3cccc4ccc(c1)c2c34. The molecule has 31 heavy (non-hydrogen) atoms. The second-order valence-electron chi connectivity index (χ2n) is 8.03. The van der Waals surface area contributed by atoms with Gasteiger partial charge >= 0.3 is 0 Å². The third-order valence-corrected chi connectivity index (χ3v) is 7.40. The van der Waals surface area contributed by atoms with Gasteiger partial charge in [0, 0.05) is 20.2 Å². The molecular weight excluding hydrogens is 392 g/mol. The number of benzene rings is 6. The molecule has 7 aromatic rings. The van der Waals surface area contributed by atoms with Crippen molar-refractivity contribution in [3.63, 3.8) is 0 Å². The Hall–Kier alpha value is -3.42. The Morgan fingerprint density at radius 3 is 1.58 bits per heavy atom. The summed E-state index contributed by atoms with van der Waals surface area (Å²) in [5.74, 6) is 0. The fourth-order valence-corrected chi connectivity index (χ4v) is 5.97. The average Bonchev–Trinajstić information content (AvgIpc) is 3.22. The van der Waals surface area contributed by atoms with E-state index in [2.05, 4.69) is 110 Å². The van der Waals surface area contributed by atoms with E-state index < -0.39 is 0 Å². The summed E-state index contributed by atoms with van der Waals surface area (Å²) in [4.78, 5) is 0. The molecule has 0 saturated heterocycles. The summed E-state index contributed by atoms with van der Waals surface area (Å²) in [6.07, 6.45) is 1.11. The van der Waals surface area contributed by atoms with E-state index in [1.165, 1.54) is 58.1 Å². The van der Waals surface area contributed by atoms with E-state index in [-0.39, 0.29) is 0 Å². The molecular formula is C30H22S. The standard InChI is InChI=1S/C16H10.C14H12S/c1-3-11-7-9-13-5-2-6-14-10-8-12(4-1)15(11)16(13)14;1-2-10-6-5-9-13-14(10)11-7-3-4-8-12(11)15-13/h1-10H;3-9H,2H2,1H3. The summed E-state index contributed by atoms with van der Waals surface area (Å²) >= 11 is 1.89. The minimum absolute atomic E-state index is 1.11. The molecule has 0 radical (unpaired) electrons. The fraction of sp³-hybridized carbons (Fsp3) is 0.0667. The first kappa shape index (κ1) is 18.4. The van der Waals surface area contributed by atoms with E-state index in [1.807, 2.05) is 11.3 Å². The lowest BCUT2D eigenvalue weighted by atomic mass is 9.95. The van der Waals surface area contributed by atoms with Crippen molar-refractivity contribution in [3.8, 4) is 0 Å². The molecule has 0 spiro atoms. The molecule has 0 aliphatic heterocycles. The zero-order valence-corrected chi connectivity index (χ0v) is 18.2. The number of aryl methyl sites for hydroxylation is 1. The molecule has 0 N–H and O–H groups in total. The molecule has 6 aromatic carbocycles. The van der Waals surface area contributed by atoms with Gasteiger partial charge in [0.1, 0.15) is 0 Å². The largest absolute Gasteiger partial charge is 0.135 e. The Labute approximate surface area is 185 Å². The predicted octanol–water partition coefficient (Wildman–Crippen LogP) is 9.20. The van der Waals surface area contributed by atoms with E-state index in [0.29, 0.717) is 0 Å². The lowest BCUT2D eigenvalue weighted by Gasteiger charge is -2.09. The minimum Gasteiger partial charge on any atom is -0.135 e. The molecule has 0 aliphatic carbocycles. The van der Waals surface area contributed by atoms with Crippen molar-refractivity contribution in [1.82, 2.24) is 0 Å². The van der Waals surface area contributed by atoms with Crippen LogP contribution < -0.4 is 0 Å². The number of fused-ring (bicyclic) bond motifs is 3. The number of hydrogen-bond acceptors (Lipinski definition) is 1. The molecule has 1 heterocycles. The van der Waals surface area contributed by atoms with Gasteiger partial charge in [-0.05, 0) is 56.4 Å². The Kier molecular flexibility index (Phi) is 4.36. The van der Waals surface area contributed by atoms with Crippen molar-refractivity contribution in [2.24, 2.45) is 0 Å². The van der Waals surface area contributed by atoms with Gasteiger partial charge in [0.15, 0.2) is 0 Å². The second kappa shape index (κ2) is 7.37. The van der Waals surface area contributed by atoms with E-state index in [4.69, 9.17) is 0 Å². The quantitative estimate of drug-likeness (QED) is 0.235. The molecule has 0 saturated carbocycles. The van der Waals surface area contributed by atoms with Gasteiger partial charge in [-0.15, -0.1) is 11.3 Å². The van der Waals surface area contributed by atoms with Gasteiger partial charge in [-0.2, -0.15) is 0 Å². The number of hydrogen-bond donors (Lipinski definition) is 0. The maximum absolute atomic E-state index is 2.24. The smallest absolute Gasteiger partial charge is 0.0358 e. The highest BCUT2D eigenvalue weighted by Gasteiger charge is 2.07. The Morgan fingerprint density at radius 1 is 0.484 bits per heavy atom. The van der Waals surface area contributed by atoms with Gasteiger partial charge in [0.2, 0.25) is 0 Å². The lowest BCUT2D eigenvalue weighted by molar-refractivity contribution is 1.16. The zero-order valence-electron chi connectivity index (χ0n) is 17.4. The molecule has 148 valence electrons. The van der Waals surface area contributed by atoms with Gasteiger partial charge in [-0.1, -0.05) is 97.9 Å². The van der Waals surface area contributed by atoms with E-state index >= 15 is 0 Å². The third-order valence-electron chi connectivity index (χ3n) is 6.26. The minimum atomic E-state index is 1.11. The van der Waals surface area contributed by atoms with Gasteiger partial charge in [-0.3, -0.25) is 0 Å². The molecule has 0 bridgehead atoms. The maximum Gasteiger partial charge on any atom is 0.0358 e.